The monoisotopic (exact) mass is 244 g/mol. The second-order valence-electron chi connectivity index (χ2n) is 4.19. The van der Waals surface area contributed by atoms with Crippen molar-refractivity contribution in [3.05, 3.63) is 21.4 Å². The van der Waals surface area contributed by atoms with Crippen molar-refractivity contribution < 1.29 is 0 Å². The van der Waals surface area contributed by atoms with Crippen LogP contribution in [0.1, 0.15) is 59.7 Å². The van der Waals surface area contributed by atoms with Crippen LogP contribution >= 0.6 is 22.9 Å². The van der Waals surface area contributed by atoms with Crippen LogP contribution in [0.2, 0.25) is 0 Å². The van der Waals surface area contributed by atoms with E-state index in [1.165, 1.54) is 41.0 Å². The van der Waals surface area contributed by atoms with Gasteiger partial charge in [0.1, 0.15) is 0 Å². The third kappa shape index (κ3) is 4.16. The van der Waals surface area contributed by atoms with E-state index in [1.54, 1.807) is 0 Å². The first-order valence-corrected chi connectivity index (χ1v) is 7.11. The van der Waals surface area contributed by atoms with E-state index < -0.39 is 0 Å². The van der Waals surface area contributed by atoms with Gasteiger partial charge in [0.15, 0.2) is 0 Å². The van der Waals surface area contributed by atoms with E-state index in [4.69, 9.17) is 11.6 Å². The fourth-order valence-corrected chi connectivity index (χ4v) is 3.30. The Morgan fingerprint density at radius 3 is 2.53 bits per heavy atom. The van der Waals surface area contributed by atoms with Crippen LogP contribution < -0.4 is 0 Å². The summed E-state index contributed by atoms with van der Waals surface area (Å²) in [4.78, 5) is 2.77. The van der Waals surface area contributed by atoms with Gasteiger partial charge in [-0.05, 0) is 31.9 Å². The van der Waals surface area contributed by atoms with Gasteiger partial charge in [-0.15, -0.1) is 22.9 Å². The molecule has 1 atom stereocenters. The molecule has 0 saturated heterocycles. The van der Waals surface area contributed by atoms with E-state index in [0.29, 0.717) is 0 Å². The fourth-order valence-electron chi connectivity index (χ4n) is 1.87. The summed E-state index contributed by atoms with van der Waals surface area (Å²) in [5.41, 5.74) is 1.36. The smallest absolute Gasteiger partial charge is 0.0596 e. The summed E-state index contributed by atoms with van der Waals surface area (Å²) in [6, 6.07) is 2.25. The lowest BCUT2D eigenvalue weighted by Gasteiger charge is -2.08. The van der Waals surface area contributed by atoms with Crippen LogP contribution in [0, 0.1) is 13.8 Å². The van der Waals surface area contributed by atoms with Crippen molar-refractivity contribution in [2.75, 3.05) is 0 Å². The zero-order valence-electron chi connectivity index (χ0n) is 9.98. The summed E-state index contributed by atoms with van der Waals surface area (Å²) in [5, 5.41) is 0.229. The first-order valence-electron chi connectivity index (χ1n) is 5.86. The molecule has 0 bridgehead atoms. The van der Waals surface area contributed by atoms with Crippen molar-refractivity contribution in [2.24, 2.45) is 0 Å². The number of hydrogen-bond donors (Lipinski definition) is 0. The lowest BCUT2D eigenvalue weighted by molar-refractivity contribution is 0.624. The Kier molecular flexibility index (Phi) is 5.70. The molecule has 0 amide bonds. The molecule has 0 aromatic carbocycles. The maximum atomic E-state index is 6.41. The van der Waals surface area contributed by atoms with Crippen LogP contribution in [0.25, 0.3) is 0 Å². The van der Waals surface area contributed by atoms with Crippen LogP contribution in [0.5, 0.6) is 0 Å². The number of halogens is 1. The molecule has 1 rings (SSSR count). The third-order valence-corrected chi connectivity index (χ3v) is 4.16. The Hall–Kier alpha value is -0.0100. The molecule has 0 spiro atoms. The van der Waals surface area contributed by atoms with Crippen molar-refractivity contribution in [1.82, 2.24) is 0 Å². The van der Waals surface area contributed by atoms with Crippen molar-refractivity contribution in [3.63, 3.8) is 0 Å². The average molecular weight is 245 g/mol. The lowest BCUT2D eigenvalue weighted by Crippen LogP contribution is -1.90. The fraction of sp³-hybridized carbons (Fsp3) is 0.692. The van der Waals surface area contributed by atoms with Gasteiger partial charge in [-0.3, -0.25) is 0 Å². The molecule has 0 aliphatic heterocycles. The summed E-state index contributed by atoms with van der Waals surface area (Å²) in [5.74, 6) is 0. The Morgan fingerprint density at radius 1 is 1.27 bits per heavy atom. The quantitative estimate of drug-likeness (QED) is 0.450. The van der Waals surface area contributed by atoms with Crippen LogP contribution in [0.15, 0.2) is 6.07 Å². The summed E-state index contributed by atoms with van der Waals surface area (Å²) in [6.07, 6.45) is 6.34. The van der Waals surface area contributed by atoms with E-state index in [2.05, 4.69) is 26.8 Å². The van der Waals surface area contributed by atoms with E-state index in [1.807, 2.05) is 11.3 Å². The number of aryl methyl sites for hydroxylation is 2. The van der Waals surface area contributed by atoms with E-state index in [-0.39, 0.29) is 5.38 Å². The highest BCUT2D eigenvalue weighted by molar-refractivity contribution is 7.12. The molecule has 2 heteroatoms. The Balaban J connectivity index is 2.39. The second kappa shape index (κ2) is 6.55. The van der Waals surface area contributed by atoms with Crippen molar-refractivity contribution in [1.29, 1.82) is 0 Å². The third-order valence-electron chi connectivity index (χ3n) is 2.73. The molecule has 1 aromatic heterocycles. The van der Waals surface area contributed by atoms with Crippen LogP contribution in [-0.4, -0.2) is 0 Å². The molecule has 0 nitrogen and oxygen atoms in total. The molecule has 0 saturated carbocycles. The largest absolute Gasteiger partial charge is 0.146 e. The molecule has 1 unspecified atom stereocenters. The number of alkyl halides is 1. The summed E-state index contributed by atoms with van der Waals surface area (Å²) >= 11 is 8.27. The number of unbranched alkanes of at least 4 members (excludes halogenated alkanes) is 3. The van der Waals surface area contributed by atoms with E-state index >= 15 is 0 Å². The lowest BCUT2D eigenvalue weighted by atomic mass is 10.1. The van der Waals surface area contributed by atoms with Gasteiger partial charge < -0.3 is 0 Å². The predicted octanol–water partition coefficient (Wildman–Crippen LogP) is 5.62. The summed E-state index contributed by atoms with van der Waals surface area (Å²) < 4.78 is 0. The molecule has 0 radical (unpaired) electrons. The topological polar surface area (TPSA) is 0 Å². The molecule has 15 heavy (non-hydrogen) atoms. The standard InChI is InChI=1S/C13H21ClS/c1-4-5-6-7-8-13(14)12-9-10(2)15-11(12)3/h9,13H,4-8H2,1-3H3. The van der Waals surface area contributed by atoms with Gasteiger partial charge in [-0.2, -0.15) is 0 Å². The Labute approximate surface area is 103 Å². The normalized spacial score (nSPS) is 13.1. The minimum Gasteiger partial charge on any atom is -0.146 e. The zero-order valence-corrected chi connectivity index (χ0v) is 11.5. The number of hydrogen-bond acceptors (Lipinski definition) is 1. The van der Waals surface area contributed by atoms with Crippen molar-refractivity contribution in [3.8, 4) is 0 Å². The van der Waals surface area contributed by atoms with Gasteiger partial charge in [0.25, 0.3) is 0 Å². The van der Waals surface area contributed by atoms with Gasteiger partial charge in [-0.25, -0.2) is 0 Å². The van der Waals surface area contributed by atoms with Gasteiger partial charge in [0.05, 0.1) is 5.38 Å². The molecule has 86 valence electrons. The highest BCUT2D eigenvalue weighted by Crippen LogP contribution is 2.33. The maximum Gasteiger partial charge on any atom is 0.0596 e. The highest BCUT2D eigenvalue weighted by atomic mass is 35.5. The second-order valence-corrected chi connectivity index (χ2v) is 6.17. The SMILES string of the molecule is CCCCCCC(Cl)c1cc(C)sc1C. The molecule has 1 heterocycles. The van der Waals surface area contributed by atoms with Crippen LogP contribution in [0.4, 0.5) is 0 Å². The molecule has 0 N–H and O–H groups in total. The van der Waals surface area contributed by atoms with Crippen LogP contribution in [0.3, 0.4) is 0 Å². The maximum absolute atomic E-state index is 6.41. The Morgan fingerprint density at radius 2 is 2.00 bits per heavy atom. The van der Waals surface area contributed by atoms with Gasteiger partial charge in [0.2, 0.25) is 0 Å². The van der Waals surface area contributed by atoms with Crippen molar-refractivity contribution >= 4 is 22.9 Å². The van der Waals surface area contributed by atoms with Gasteiger partial charge in [-0.1, -0.05) is 32.6 Å². The van der Waals surface area contributed by atoms with E-state index in [0.717, 1.165) is 6.42 Å². The Bertz CT molecular complexity index is 291. The van der Waals surface area contributed by atoms with E-state index in [9.17, 15) is 0 Å². The van der Waals surface area contributed by atoms with Gasteiger partial charge in [0, 0.05) is 9.75 Å². The first kappa shape index (κ1) is 13.1. The summed E-state index contributed by atoms with van der Waals surface area (Å²) in [6.45, 7) is 6.57. The average Bonchev–Trinajstić information content (AvgIpc) is 2.52. The molecular formula is C13H21ClS. The summed E-state index contributed by atoms with van der Waals surface area (Å²) in [7, 11) is 0. The van der Waals surface area contributed by atoms with Crippen molar-refractivity contribution in [2.45, 2.75) is 58.3 Å². The molecular weight excluding hydrogens is 224 g/mol. The first-order chi connectivity index (χ1) is 7.15. The predicted molar refractivity (Wildman–Crippen MR) is 71.1 cm³/mol. The highest BCUT2D eigenvalue weighted by Gasteiger charge is 2.12. The number of thiophene rings is 1. The molecule has 0 aliphatic rings. The zero-order chi connectivity index (χ0) is 11.3. The molecule has 0 fully saturated rings. The minimum absolute atomic E-state index is 0.229. The minimum atomic E-state index is 0.229. The molecule has 0 aliphatic carbocycles. The van der Waals surface area contributed by atoms with Gasteiger partial charge >= 0.3 is 0 Å². The van der Waals surface area contributed by atoms with Crippen LogP contribution in [-0.2, 0) is 0 Å². The number of rotatable bonds is 6. The molecule has 1 aromatic rings.